The zero-order valence-electron chi connectivity index (χ0n) is 15.0. The summed E-state index contributed by atoms with van der Waals surface area (Å²) in [5.74, 6) is 0.0951. The highest BCUT2D eigenvalue weighted by molar-refractivity contribution is 7.89. The number of carbonyl (C=O) groups excluding carboxylic acids is 1. The summed E-state index contributed by atoms with van der Waals surface area (Å²) in [7, 11) is -2.45. The maximum Gasteiger partial charge on any atom is 0.246 e. The van der Waals surface area contributed by atoms with E-state index in [9.17, 15) is 13.2 Å². The molecule has 2 heterocycles. The van der Waals surface area contributed by atoms with Crippen LogP contribution in [0.1, 0.15) is 12.8 Å². The van der Waals surface area contributed by atoms with Gasteiger partial charge >= 0.3 is 0 Å². The number of sulfonamides is 1. The molecule has 0 unspecified atom stereocenters. The predicted molar refractivity (Wildman–Crippen MR) is 100 cm³/mol. The van der Waals surface area contributed by atoms with Crippen LogP contribution in [0.15, 0.2) is 52.0 Å². The second kappa shape index (κ2) is 7.21. The average molecular weight is 402 g/mol. The molecule has 1 saturated heterocycles. The summed E-state index contributed by atoms with van der Waals surface area (Å²) >= 11 is 0. The lowest BCUT2D eigenvalue weighted by molar-refractivity contribution is -0.119. The largest absolute Gasteiger partial charge is 0.495 e. The highest BCUT2D eigenvalue weighted by atomic mass is 32.2. The number of ether oxygens (including phenoxy) is 1. The number of aromatic nitrogens is 2. The summed E-state index contributed by atoms with van der Waals surface area (Å²) in [4.78, 5) is 12.8. The molecule has 2 aromatic carbocycles. The smallest absolute Gasteiger partial charge is 0.246 e. The standard InChI is InChI=1S/C18H18N4O5S/c1-26-15-9-3-2-6-12(15)19-18(23)14-8-5-11-22(14)28(24,25)16-10-4-7-13-17(16)21-27-20-13/h2-4,6-7,9-10,14H,5,8,11H2,1H3,(H,19,23)/t14-/m0/s1. The second-order valence-electron chi connectivity index (χ2n) is 6.35. The number of carbonyl (C=O) groups is 1. The molecule has 0 radical (unpaired) electrons. The quantitative estimate of drug-likeness (QED) is 0.694. The summed E-state index contributed by atoms with van der Waals surface area (Å²) in [6.07, 6.45) is 1.00. The number of benzene rings is 2. The number of nitrogens with zero attached hydrogens (tertiary/aromatic N) is 3. The Hall–Kier alpha value is -2.98. The molecule has 1 N–H and O–H groups in total. The maximum absolute atomic E-state index is 13.2. The first kappa shape index (κ1) is 18.4. The molecule has 10 heteroatoms. The molecular formula is C18H18N4O5S. The Morgan fingerprint density at radius 2 is 2.04 bits per heavy atom. The van der Waals surface area contributed by atoms with Crippen molar-refractivity contribution in [2.75, 3.05) is 19.0 Å². The third kappa shape index (κ3) is 3.10. The van der Waals surface area contributed by atoms with Crippen LogP contribution in [0.2, 0.25) is 0 Å². The minimum absolute atomic E-state index is 0.0248. The lowest BCUT2D eigenvalue weighted by atomic mass is 10.2. The molecule has 1 aliphatic rings. The Bertz CT molecular complexity index is 1130. The van der Waals surface area contributed by atoms with Crippen molar-refractivity contribution in [3.8, 4) is 5.75 Å². The molecule has 1 amide bonds. The van der Waals surface area contributed by atoms with E-state index < -0.39 is 22.0 Å². The summed E-state index contributed by atoms with van der Waals surface area (Å²) in [5, 5.41) is 10.2. The van der Waals surface area contributed by atoms with Crippen molar-refractivity contribution < 1.29 is 22.6 Å². The fourth-order valence-corrected chi connectivity index (χ4v) is 5.16. The summed E-state index contributed by atoms with van der Waals surface area (Å²) < 4.78 is 37.6. The lowest BCUT2D eigenvalue weighted by Crippen LogP contribution is -2.43. The third-order valence-corrected chi connectivity index (χ3v) is 6.65. The molecule has 1 fully saturated rings. The fourth-order valence-electron chi connectivity index (χ4n) is 3.37. The number of para-hydroxylation sites is 2. The number of anilines is 1. The SMILES string of the molecule is COc1ccccc1NC(=O)[C@@H]1CCCN1S(=O)(=O)c1cccc2nonc12. The van der Waals surface area contributed by atoms with Crippen LogP contribution >= 0.6 is 0 Å². The number of hydrogen-bond donors (Lipinski definition) is 1. The van der Waals surface area contributed by atoms with E-state index in [4.69, 9.17) is 4.74 Å². The van der Waals surface area contributed by atoms with Gasteiger partial charge in [0, 0.05) is 6.54 Å². The number of nitrogens with one attached hydrogen (secondary N) is 1. The van der Waals surface area contributed by atoms with Crippen molar-refractivity contribution in [3.63, 3.8) is 0 Å². The van der Waals surface area contributed by atoms with E-state index in [0.717, 1.165) is 0 Å². The van der Waals surface area contributed by atoms with Gasteiger partial charge in [0.1, 0.15) is 22.2 Å². The van der Waals surface area contributed by atoms with E-state index in [1.165, 1.54) is 17.5 Å². The minimum Gasteiger partial charge on any atom is -0.495 e. The molecule has 3 aromatic rings. The first-order chi connectivity index (χ1) is 13.5. The van der Waals surface area contributed by atoms with Crippen LogP contribution in [0.4, 0.5) is 5.69 Å². The molecule has 0 bridgehead atoms. The van der Waals surface area contributed by atoms with Crippen LogP contribution < -0.4 is 10.1 Å². The number of fused-ring (bicyclic) bond motifs is 1. The van der Waals surface area contributed by atoms with E-state index in [1.54, 1.807) is 36.4 Å². The molecule has 9 nitrogen and oxygen atoms in total. The Labute approximate surface area is 161 Å². The number of methoxy groups -OCH3 is 1. The molecule has 4 rings (SSSR count). The Kier molecular flexibility index (Phi) is 4.73. The van der Waals surface area contributed by atoms with Gasteiger partial charge < -0.3 is 10.1 Å². The highest BCUT2D eigenvalue weighted by Crippen LogP contribution is 2.31. The zero-order valence-corrected chi connectivity index (χ0v) is 15.8. The van der Waals surface area contributed by atoms with Gasteiger partial charge in [-0.25, -0.2) is 13.0 Å². The first-order valence-electron chi connectivity index (χ1n) is 8.69. The van der Waals surface area contributed by atoms with Crippen molar-refractivity contribution >= 4 is 32.7 Å². The third-order valence-electron chi connectivity index (χ3n) is 4.71. The normalized spacial score (nSPS) is 17.7. The number of rotatable bonds is 5. The van der Waals surface area contributed by atoms with Gasteiger partial charge in [0.25, 0.3) is 0 Å². The van der Waals surface area contributed by atoms with Gasteiger partial charge in [-0.3, -0.25) is 4.79 Å². The van der Waals surface area contributed by atoms with Crippen molar-refractivity contribution in [1.82, 2.24) is 14.6 Å². The fraction of sp³-hybridized carbons (Fsp3) is 0.278. The van der Waals surface area contributed by atoms with Crippen molar-refractivity contribution in [2.24, 2.45) is 0 Å². The molecule has 1 atom stereocenters. The summed E-state index contributed by atoms with van der Waals surface area (Å²) in [5.41, 5.74) is 0.982. The lowest BCUT2D eigenvalue weighted by Gasteiger charge is -2.23. The molecule has 0 aliphatic carbocycles. The average Bonchev–Trinajstić information content (AvgIpc) is 3.37. The monoisotopic (exact) mass is 402 g/mol. The van der Waals surface area contributed by atoms with Gasteiger partial charge in [0.05, 0.1) is 12.8 Å². The van der Waals surface area contributed by atoms with Gasteiger partial charge in [0.2, 0.25) is 15.9 Å². The zero-order chi connectivity index (χ0) is 19.7. The van der Waals surface area contributed by atoms with E-state index in [1.807, 2.05) is 0 Å². The van der Waals surface area contributed by atoms with Gasteiger partial charge in [-0.1, -0.05) is 18.2 Å². The summed E-state index contributed by atoms with van der Waals surface area (Å²) in [6.45, 7) is 0.244. The maximum atomic E-state index is 13.2. The van der Waals surface area contributed by atoms with E-state index in [-0.39, 0.29) is 17.0 Å². The molecular weight excluding hydrogens is 384 g/mol. The minimum atomic E-state index is -3.96. The van der Waals surface area contributed by atoms with Gasteiger partial charge in [0.15, 0.2) is 5.52 Å². The first-order valence-corrected chi connectivity index (χ1v) is 10.1. The van der Waals surface area contributed by atoms with Gasteiger partial charge in [-0.15, -0.1) is 0 Å². The van der Waals surface area contributed by atoms with Gasteiger partial charge in [-0.2, -0.15) is 4.31 Å². The summed E-state index contributed by atoms with van der Waals surface area (Å²) in [6, 6.07) is 10.8. The Morgan fingerprint density at radius 3 is 2.86 bits per heavy atom. The molecule has 28 heavy (non-hydrogen) atoms. The predicted octanol–water partition coefficient (Wildman–Crippen LogP) is 2.02. The van der Waals surface area contributed by atoms with Crippen LogP contribution in [-0.2, 0) is 14.8 Å². The van der Waals surface area contributed by atoms with Crippen molar-refractivity contribution in [1.29, 1.82) is 0 Å². The van der Waals surface area contributed by atoms with Crippen LogP contribution in [0, 0.1) is 0 Å². The molecule has 1 aromatic heterocycles. The highest BCUT2D eigenvalue weighted by Gasteiger charge is 2.40. The van der Waals surface area contributed by atoms with Gasteiger partial charge in [-0.05, 0) is 47.4 Å². The van der Waals surface area contributed by atoms with E-state index in [2.05, 4.69) is 20.3 Å². The van der Waals surface area contributed by atoms with Crippen molar-refractivity contribution in [3.05, 3.63) is 42.5 Å². The van der Waals surface area contributed by atoms with Crippen LogP contribution in [0.3, 0.4) is 0 Å². The Balaban J connectivity index is 1.64. The number of amides is 1. The van der Waals surface area contributed by atoms with E-state index >= 15 is 0 Å². The van der Waals surface area contributed by atoms with Crippen molar-refractivity contribution in [2.45, 2.75) is 23.8 Å². The number of hydrogen-bond acceptors (Lipinski definition) is 7. The topological polar surface area (TPSA) is 115 Å². The van der Waals surface area contributed by atoms with Crippen LogP contribution in [0.5, 0.6) is 5.75 Å². The molecule has 0 spiro atoms. The molecule has 1 aliphatic heterocycles. The molecule has 146 valence electrons. The van der Waals surface area contributed by atoms with E-state index in [0.29, 0.717) is 29.8 Å². The Morgan fingerprint density at radius 1 is 1.21 bits per heavy atom. The van der Waals surface area contributed by atoms with Crippen LogP contribution in [-0.4, -0.2) is 48.6 Å². The van der Waals surface area contributed by atoms with Crippen LogP contribution in [0.25, 0.3) is 11.0 Å². The molecule has 0 saturated carbocycles. The second-order valence-corrected chi connectivity index (χ2v) is 8.21.